The molecule has 1 rings (SSSR count). The largest absolute Gasteiger partial charge is 0.296 e. The number of pyridine rings is 1. The van der Waals surface area contributed by atoms with Crippen LogP contribution in [0.1, 0.15) is 22.5 Å². The van der Waals surface area contributed by atoms with Gasteiger partial charge in [0.15, 0.2) is 6.29 Å². The zero-order chi connectivity index (χ0) is 10.0. The standard InChI is InChI=1S/C7H3ClF2INO/c8-4-1-3(6(9)10)5(2-13)12-7(4)11/h1-2,6H. The Hall–Kier alpha value is -0.300. The van der Waals surface area contributed by atoms with Crippen molar-refractivity contribution in [2.24, 2.45) is 0 Å². The van der Waals surface area contributed by atoms with Crippen LogP contribution in [0.4, 0.5) is 8.78 Å². The number of carbonyl (C=O) groups is 1. The van der Waals surface area contributed by atoms with E-state index in [0.717, 1.165) is 6.07 Å². The minimum atomic E-state index is -2.73. The second-order valence-electron chi connectivity index (χ2n) is 2.15. The molecule has 0 aliphatic carbocycles. The lowest BCUT2D eigenvalue weighted by Gasteiger charge is -2.04. The molecule has 0 amide bonds. The van der Waals surface area contributed by atoms with Gasteiger partial charge < -0.3 is 0 Å². The summed E-state index contributed by atoms with van der Waals surface area (Å²) in [5.41, 5.74) is -0.691. The molecule has 0 saturated heterocycles. The Labute approximate surface area is 91.4 Å². The number of halogens is 4. The van der Waals surface area contributed by atoms with E-state index in [1.54, 1.807) is 22.6 Å². The lowest BCUT2D eigenvalue weighted by molar-refractivity contribution is 0.110. The van der Waals surface area contributed by atoms with Gasteiger partial charge in [0, 0.05) is 5.56 Å². The maximum Gasteiger partial charge on any atom is 0.266 e. The second-order valence-corrected chi connectivity index (χ2v) is 3.58. The minimum Gasteiger partial charge on any atom is -0.296 e. The molecule has 0 unspecified atom stereocenters. The van der Waals surface area contributed by atoms with Gasteiger partial charge in [0.1, 0.15) is 9.39 Å². The van der Waals surface area contributed by atoms with Gasteiger partial charge in [-0.1, -0.05) is 11.6 Å². The maximum absolute atomic E-state index is 12.3. The SMILES string of the molecule is O=Cc1nc(I)c(Cl)cc1C(F)F. The highest BCUT2D eigenvalue weighted by Crippen LogP contribution is 2.26. The first-order valence-corrected chi connectivity index (χ1v) is 4.61. The van der Waals surface area contributed by atoms with Gasteiger partial charge in [-0.25, -0.2) is 13.8 Å². The number of aromatic nitrogens is 1. The van der Waals surface area contributed by atoms with Gasteiger partial charge in [-0.15, -0.1) is 0 Å². The predicted octanol–water partition coefficient (Wildman–Crippen LogP) is 3.09. The molecule has 6 heteroatoms. The highest BCUT2D eigenvalue weighted by atomic mass is 127. The summed E-state index contributed by atoms with van der Waals surface area (Å²) in [5, 5.41) is 0.126. The highest BCUT2D eigenvalue weighted by Gasteiger charge is 2.16. The molecule has 0 bridgehead atoms. The maximum atomic E-state index is 12.3. The monoisotopic (exact) mass is 317 g/mol. The highest BCUT2D eigenvalue weighted by molar-refractivity contribution is 14.1. The van der Waals surface area contributed by atoms with Crippen LogP contribution in [-0.4, -0.2) is 11.3 Å². The van der Waals surface area contributed by atoms with Crippen molar-refractivity contribution in [2.75, 3.05) is 0 Å². The summed E-state index contributed by atoms with van der Waals surface area (Å²) in [6, 6.07) is 1.06. The third-order valence-corrected chi connectivity index (χ3v) is 2.77. The molecule has 1 aromatic rings. The van der Waals surface area contributed by atoms with Crippen LogP contribution in [0.2, 0.25) is 5.02 Å². The van der Waals surface area contributed by atoms with E-state index in [-0.39, 0.29) is 10.7 Å². The zero-order valence-electron chi connectivity index (χ0n) is 6.10. The van der Waals surface area contributed by atoms with Crippen molar-refractivity contribution in [3.63, 3.8) is 0 Å². The van der Waals surface area contributed by atoms with Crippen LogP contribution in [0.25, 0.3) is 0 Å². The molecule has 0 saturated carbocycles. The number of aldehydes is 1. The van der Waals surface area contributed by atoms with E-state index < -0.39 is 12.0 Å². The van der Waals surface area contributed by atoms with Crippen molar-refractivity contribution in [3.8, 4) is 0 Å². The van der Waals surface area contributed by atoms with Crippen LogP contribution in [0.15, 0.2) is 6.07 Å². The average molecular weight is 317 g/mol. The van der Waals surface area contributed by atoms with Crippen molar-refractivity contribution < 1.29 is 13.6 Å². The van der Waals surface area contributed by atoms with Crippen molar-refractivity contribution >= 4 is 40.5 Å². The summed E-state index contributed by atoms with van der Waals surface area (Å²) < 4.78 is 24.9. The fourth-order valence-corrected chi connectivity index (χ4v) is 1.34. The fraction of sp³-hybridized carbons (Fsp3) is 0.143. The smallest absolute Gasteiger partial charge is 0.266 e. The Balaban J connectivity index is 3.32. The first kappa shape index (κ1) is 10.8. The van der Waals surface area contributed by atoms with E-state index in [4.69, 9.17) is 11.6 Å². The number of alkyl halides is 2. The van der Waals surface area contributed by atoms with Crippen LogP contribution in [0, 0.1) is 3.70 Å². The summed E-state index contributed by atoms with van der Waals surface area (Å²) in [7, 11) is 0. The van der Waals surface area contributed by atoms with Crippen molar-refractivity contribution in [1.82, 2.24) is 4.98 Å². The van der Waals surface area contributed by atoms with E-state index in [2.05, 4.69) is 4.98 Å². The zero-order valence-corrected chi connectivity index (χ0v) is 9.01. The molecule has 1 aromatic heterocycles. The molecule has 1 heterocycles. The molecule has 2 nitrogen and oxygen atoms in total. The third kappa shape index (κ3) is 2.34. The number of rotatable bonds is 2. The van der Waals surface area contributed by atoms with Crippen molar-refractivity contribution in [3.05, 3.63) is 26.0 Å². The van der Waals surface area contributed by atoms with Gasteiger partial charge in [0.25, 0.3) is 6.43 Å². The van der Waals surface area contributed by atoms with E-state index in [1.807, 2.05) is 0 Å². The minimum absolute atomic E-state index is 0.126. The van der Waals surface area contributed by atoms with Crippen LogP contribution in [-0.2, 0) is 0 Å². The molecular weight excluding hydrogens is 314 g/mol. The molecule has 0 spiro atoms. The third-order valence-electron chi connectivity index (χ3n) is 1.34. The van der Waals surface area contributed by atoms with Crippen LogP contribution in [0.5, 0.6) is 0 Å². The summed E-state index contributed by atoms with van der Waals surface area (Å²) in [5.74, 6) is 0. The summed E-state index contributed by atoms with van der Waals surface area (Å²) in [6.45, 7) is 0. The summed E-state index contributed by atoms with van der Waals surface area (Å²) in [6.07, 6.45) is -2.44. The molecular formula is C7H3ClF2INO. The van der Waals surface area contributed by atoms with Crippen molar-refractivity contribution in [2.45, 2.75) is 6.43 Å². The molecule has 70 valence electrons. The number of hydrogen-bond donors (Lipinski definition) is 0. The molecule has 0 fully saturated rings. The topological polar surface area (TPSA) is 30.0 Å². The number of carbonyl (C=O) groups excluding carboxylic acids is 1. The van der Waals surface area contributed by atoms with E-state index in [0.29, 0.717) is 9.99 Å². The number of nitrogens with zero attached hydrogens (tertiary/aromatic N) is 1. The lowest BCUT2D eigenvalue weighted by Crippen LogP contribution is -1.99. The number of hydrogen-bond acceptors (Lipinski definition) is 2. The van der Waals surface area contributed by atoms with E-state index >= 15 is 0 Å². The van der Waals surface area contributed by atoms with Gasteiger partial charge >= 0.3 is 0 Å². The van der Waals surface area contributed by atoms with Crippen LogP contribution >= 0.6 is 34.2 Å². The lowest BCUT2D eigenvalue weighted by atomic mass is 10.2. The summed E-state index contributed by atoms with van der Waals surface area (Å²) >= 11 is 7.33. The average Bonchev–Trinajstić information content (AvgIpc) is 2.08. The summed E-state index contributed by atoms with van der Waals surface area (Å²) in [4.78, 5) is 14.0. The van der Waals surface area contributed by atoms with Gasteiger partial charge in [0.2, 0.25) is 0 Å². The fourth-order valence-electron chi connectivity index (χ4n) is 0.763. The molecule has 0 aromatic carbocycles. The van der Waals surface area contributed by atoms with E-state index in [9.17, 15) is 13.6 Å². The predicted molar refractivity (Wildman–Crippen MR) is 52.3 cm³/mol. The first-order valence-electron chi connectivity index (χ1n) is 3.15. The second kappa shape index (κ2) is 4.28. The Morgan fingerprint density at radius 1 is 1.62 bits per heavy atom. The molecule has 0 N–H and O–H groups in total. The molecule has 0 aliphatic rings. The van der Waals surface area contributed by atoms with Crippen LogP contribution in [0.3, 0.4) is 0 Å². The molecule has 0 atom stereocenters. The van der Waals surface area contributed by atoms with Crippen molar-refractivity contribution in [1.29, 1.82) is 0 Å². The molecule has 0 radical (unpaired) electrons. The Bertz CT molecular complexity index is 346. The Morgan fingerprint density at radius 3 is 2.69 bits per heavy atom. The van der Waals surface area contributed by atoms with Gasteiger partial charge in [-0.3, -0.25) is 4.79 Å². The first-order chi connectivity index (χ1) is 6.06. The van der Waals surface area contributed by atoms with E-state index in [1.165, 1.54) is 0 Å². The van der Waals surface area contributed by atoms with Gasteiger partial charge in [-0.2, -0.15) is 0 Å². The van der Waals surface area contributed by atoms with Crippen LogP contribution < -0.4 is 0 Å². The van der Waals surface area contributed by atoms with Gasteiger partial charge in [0.05, 0.1) is 5.02 Å². The molecule has 13 heavy (non-hydrogen) atoms. The molecule has 0 aliphatic heterocycles. The Morgan fingerprint density at radius 2 is 2.23 bits per heavy atom. The Kier molecular flexibility index (Phi) is 3.55. The quantitative estimate of drug-likeness (QED) is 0.477. The van der Waals surface area contributed by atoms with Gasteiger partial charge in [-0.05, 0) is 28.7 Å². The normalized spacial score (nSPS) is 10.5.